The normalized spacial score (nSPS) is 12.4. The summed E-state index contributed by atoms with van der Waals surface area (Å²) in [5, 5.41) is 1.12. The molecule has 212 valence electrons. The Bertz CT molecular complexity index is 691. The Kier molecular flexibility index (Phi) is 19.8. The van der Waals surface area contributed by atoms with Gasteiger partial charge in [-0.05, 0) is 78.6 Å². The summed E-state index contributed by atoms with van der Waals surface area (Å²) < 4.78 is 31.3. The summed E-state index contributed by atoms with van der Waals surface area (Å²) in [6, 6.07) is 10.3. The molecule has 0 fully saturated rings. The summed E-state index contributed by atoms with van der Waals surface area (Å²) in [5.74, 6) is 0. The maximum atomic E-state index is 6.35. The molecule has 0 spiro atoms. The van der Waals surface area contributed by atoms with Crippen LogP contribution in [0, 0.1) is 0 Å². The fourth-order valence-corrected chi connectivity index (χ4v) is 26.4. The Morgan fingerprint density at radius 2 is 0.917 bits per heavy atom. The molecule has 0 radical (unpaired) electrons. The molecular weight excluding hydrogens is 565 g/mol. The van der Waals surface area contributed by atoms with Gasteiger partial charge in [-0.3, -0.25) is 0 Å². The van der Waals surface area contributed by atoms with Gasteiger partial charge in [-0.2, -0.15) is 0 Å². The standard InChI is InChI=1S/C12H26O3Si4.C10H24O2Si3.2CH4/c1-16(2)13-19(14-17(3)4,15-18(5)6)12-10-8-7-9-11-12;1-9-13(3,4)11-15(7,8)12-14(5,6)10-2;;/h7-11,16-18H,1-6H3;9-10H,1-2H2,3-8H3;2*1H4. The van der Waals surface area contributed by atoms with Crippen molar-refractivity contribution in [3.8, 4) is 0 Å². The van der Waals surface area contributed by atoms with Crippen molar-refractivity contribution in [1.29, 1.82) is 0 Å². The number of benzene rings is 1. The van der Waals surface area contributed by atoms with E-state index in [-0.39, 0.29) is 14.9 Å². The van der Waals surface area contributed by atoms with Crippen LogP contribution in [0.3, 0.4) is 0 Å². The third kappa shape index (κ3) is 16.8. The fraction of sp³-hybridized carbons (Fsp3) is 0.583. The van der Waals surface area contributed by atoms with E-state index in [0.29, 0.717) is 0 Å². The minimum Gasteiger partial charge on any atom is -0.433 e. The first kappa shape index (κ1) is 40.5. The summed E-state index contributed by atoms with van der Waals surface area (Å²) in [5.41, 5.74) is 3.90. The van der Waals surface area contributed by atoms with Gasteiger partial charge in [-0.1, -0.05) is 56.6 Å². The molecule has 0 aliphatic rings. The average Bonchev–Trinajstić information content (AvgIpc) is 2.66. The lowest BCUT2D eigenvalue weighted by Gasteiger charge is -2.36. The summed E-state index contributed by atoms with van der Waals surface area (Å²) in [6.45, 7) is 33.5. The Morgan fingerprint density at radius 3 is 1.17 bits per heavy atom. The molecule has 1 rings (SSSR count). The predicted molar refractivity (Wildman–Crippen MR) is 180 cm³/mol. The molecule has 0 saturated heterocycles. The van der Waals surface area contributed by atoms with Crippen LogP contribution in [-0.4, -0.2) is 61.1 Å². The molecule has 0 aliphatic carbocycles. The van der Waals surface area contributed by atoms with E-state index in [4.69, 9.17) is 20.6 Å². The van der Waals surface area contributed by atoms with Crippen molar-refractivity contribution >= 4 is 66.3 Å². The molecule has 0 aromatic heterocycles. The van der Waals surface area contributed by atoms with E-state index >= 15 is 0 Å². The van der Waals surface area contributed by atoms with Gasteiger partial charge in [0.15, 0.2) is 43.8 Å². The van der Waals surface area contributed by atoms with Crippen molar-refractivity contribution < 1.29 is 20.6 Å². The van der Waals surface area contributed by atoms with Gasteiger partial charge in [-0.15, -0.1) is 13.2 Å². The zero-order valence-electron chi connectivity index (χ0n) is 23.7. The zero-order chi connectivity index (χ0) is 26.8. The van der Waals surface area contributed by atoms with Crippen molar-refractivity contribution in [2.45, 2.75) is 93.4 Å². The van der Waals surface area contributed by atoms with E-state index in [2.05, 4.69) is 104 Å². The van der Waals surface area contributed by atoms with Crippen LogP contribution in [0.5, 0.6) is 0 Å². The molecule has 0 atom stereocenters. The highest BCUT2D eigenvalue weighted by molar-refractivity contribution is 6.91. The average molecular weight is 623 g/mol. The monoisotopic (exact) mass is 622 g/mol. The minimum atomic E-state index is -2.68. The summed E-state index contributed by atoms with van der Waals surface area (Å²) in [7, 11) is -11.9. The Labute approximate surface area is 234 Å². The smallest absolute Gasteiger partial charge is 0.433 e. The lowest BCUT2D eigenvalue weighted by molar-refractivity contribution is 0.290. The third-order valence-electron chi connectivity index (χ3n) is 4.30. The van der Waals surface area contributed by atoms with E-state index < -0.39 is 61.1 Å². The number of hydrogen-bond acceptors (Lipinski definition) is 5. The molecule has 36 heavy (non-hydrogen) atoms. The molecule has 0 unspecified atom stereocenters. The van der Waals surface area contributed by atoms with Crippen LogP contribution in [0.2, 0.25) is 78.6 Å². The first-order valence-corrected chi connectivity index (χ1v) is 31.0. The maximum absolute atomic E-state index is 6.35. The van der Waals surface area contributed by atoms with Gasteiger partial charge in [0.25, 0.3) is 0 Å². The molecule has 5 nitrogen and oxygen atoms in total. The Hall–Kier alpha value is 0.0182. The molecule has 1 aromatic carbocycles. The van der Waals surface area contributed by atoms with Gasteiger partial charge in [0.05, 0.1) is 0 Å². The fourth-order valence-electron chi connectivity index (χ4n) is 3.23. The van der Waals surface area contributed by atoms with Crippen molar-refractivity contribution in [3.05, 3.63) is 54.9 Å². The van der Waals surface area contributed by atoms with E-state index in [1.54, 1.807) is 0 Å². The third-order valence-corrected chi connectivity index (χ3v) is 24.8. The van der Waals surface area contributed by atoms with Crippen LogP contribution >= 0.6 is 0 Å². The molecule has 0 saturated carbocycles. The largest absolute Gasteiger partial charge is 0.505 e. The summed E-state index contributed by atoms with van der Waals surface area (Å²) in [6.07, 6.45) is 0. The first-order chi connectivity index (χ1) is 15.4. The maximum Gasteiger partial charge on any atom is 0.505 e. The van der Waals surface area contributed by atoms with Crippen LogP contribution in [0.25, 0.3) is 0 Å². The highest BCUT2D eigenvalue weighted by atomic mass is 28.5. The van der Waals surface area contributed by atoms with Gasteiger partial charge in [0.1, 0.15) is 0 Å². The quantitative estimate of drug-likeness (QED) is 0.230. The highest BCUT2D eigenvalue weighted by Gasteiger charge is 2.45. The van der Waals surface area contributed by atoms with Gasteiger partial charge in [0, 0.05) is 5.19 Å². The first-order valence-electron chi connectivity index (χ1n) is 12.2. The SMILES string of the molecule is C.C.C=C[Si](C)(C)O[Si](C)(C)O[Si](C)(C)C=C.C[SiH](C)O[Si](O[SiH](C)C)(O[SiH](C)C)c1ccccc1. The predicted octanol–water partition coefficient (Wildman–Crippen LogP) is 6.69. The molecule has 1 aromatic rings. The van der Waals surface area contributed by atoms with Gasteiger partial charge in [-0.25, -0.2) is 0 Å². The van der Waals surface area contributed by atoms with Crippen LogP contribution in [0.1, 0.15) is 14.9 Å². The Morgan fingerprint density at radius 1 is 0.611 bits per heavy atom. The molecule has 0 aliphatic heterocycles. The lowest BCUT2D eigenvalue weighted by Crippen LogP contribution is -2.61. The van der Waals surface area contributed by atoms with Crippen LogP contribution < -0.4 is 5.19 Å². The highest BCUT2D eigenvalue weighted by Crippen LogP contribution is 2.21. The summed E-state index contributed by atoms with van der Waals surface area (Å²) >= 11 is 0. The summed E-state index contributed by atoms with van der Waals surface area (Å²) in [4.78, 5) is 0. The van der Waals surface area contributed by atoms with Gasteiger partial charge >= 0.3 is 17.4 Å². The van der Waals surface area contributed by atoms with Crippen molar-refractivity contribution in [3.63, 3.8) is 0 Å². The van der Waals surface area contributed by atoms with E-state index in [1.165, 1.54) is 0 Å². The second kappa shape index (κ2) is 17.6. The molecule has 0 amide bonds. The van der Waals surface area contributed by atoms with Crippen LogP contribution in [0.4, 0.5) is 0 Å². The lowest BCUT2D eigenvalue weighted by atomic mass is 10.4. The van der Waals surface area contributed by atoms with Gasteiger partial charge < -0.3 is 20.6 Å². The Balaban J connectivity index is -0.000000589. The molecule has 0 N–H and O–H groups in total. The topological polar surface area (TPSA) is 46.2 Å². The van der Waals surface area contributed by atoms with E-state index in [0.717, 1.165) is 5.19 Å². The van der Waals surface area contributed by atoms with E-state index in [1.807, 2.05) is 29.6 Å². The van der Waals surface area contributed by atoms with E-state index in [9.17, 15) is 0 Å². The molecule has 12 heteroatoms. The second-order valence-corrected chi connectivity index (χ2v) is 33.1. The zero-order valence-corrected chi connectivity index (χ0v) is 31.2. The van der Waals surface area contributed by atoms with Crippen molar-refractivity contribution in [2.24, 2.45) is 0 Å². The minimum absolute atomic E-state index is 0. The molecule has 0 heterocycles. The van der Waals surface area contributed by atoms with Gasteiger partial charge in [0.2, 0.25) is 0 Å². The number of rotatable bonds is 13. The second-order valence-electron chi connectivity index (χ2n) is 10.6. The van der Waals surface area contributed by atoms with Crippen LogP contribution in [0.15, 0.2) is 54.9 Å². The number of hydrogen-bond donors (Lipinski definition) is 0. The van der Waals surface area contributed by atoms with Crippen molar-refractivity contribution in [1.82, 2.24) is 0 Å². The molecular formula is C24H58O5Si7. The molecule has 0 bridgehead atoms. The van der Waals surface area contributed by atoms with Crippen LogP contribution in [-0.2, 0) is 20.6 Å². The van der Waals surface area contributed by atoms with Crippen molar-refractivity contribution in [2.75, 3.05) is 0 Å².